The Hall–Kier alpha value is -2.96. The van der Waals surface area contributed by atoms with E-state index in [-0.39, 0.29) is 24.8 Å². The highest BCUT2D eigenvalue weighted by atomic mass is 16.6. The minimum atomic E-state index is -0.711. The van der Waals surface area contributed by atoms with Crippen molar-refractivity contribution >= 4 is 11.8 Å². The second-order valence-electron chi connectivity index (χ2n) is 5.65. The molecule has 0 spiro atoms. The summed E-state index contributed by atoms with van der Waals surface area (Å²) in [7, 11) is 0. The summed E-state index contributed by atoms with van der Waals surface area (Å²) in [5.74, 6) is -0.210. The van der Waals surface area contributed by atoms with Crippen molar-refractivity contribution in [2.45, 2.75) is 20.4 Å². The van der Waals surface area contributed by atoms with Crippen molar-refractivity contribution in [1.29, 1.82) is 0 Å². The van der Waals surface area contributed by atoms with Crippen molar-refractivity contribution in [1.82, 2.24) is 4.57 Å². The van der Waals surface area contributed by atoms with Gasteiger partial charge in [-0.15, -0.1) is 0 Å². The molecule has 25 heavy (non-hydrogen) atoms. The third kappa shape index (κ3) is 3.76. The maximum Gasteiger partial charge on any atom is 0.377 e. The molecule has 0 unspecified atom stereocenters. The summed E-state index contributed by atoms with van der Waals surface area (Å²) in [6, 6.07) is 5.48. The highest BCUT2D eigenvalue weighted by Crippen LogP contribution is 2.18. The summed E-state index contributed by atoms with van der Waals surface area (Å²) in [4.78, 5) is 24.3. The van der Waals surface area contributed by atoms with Gasteiger partial charge >= 0.3 is 5.97 Å². The number of carbonyl (C=O) groups excluding carboxylic acids is 2. The summed E-state index contributed by atoms with van der Waals surface area (Å²) in [6.07, 6.45) is 2.81. The number of ether oxygens (including phenoxy) is 3. The molecule has 0 saturated heterocycles. The van der Waals surface area contributed by atoms with Gasteiger partial charge in [-0.1, -0.05) is 0 Å². The minimum Gasteiger partial charge on any atom is -0.493 e. The summed E-state index contributed by atoms with van der Waals surface area (Å²) < 4.78 is 22.5. The molecule has 0 aromatic carbocycles. The summed E-state index contributed by atoms with van der Waals surface area (Å²) in [6.45, 7) is 4.61. The fourth-order valence-electron chi connectivity index (χ4n) is 2.64. The zero-order chi connectivity index (χ0) is 17.8. The van der Waals surface area contributed by atoms with Gasteiger partial charge in [0.05, 0.1) is 12.8 Å². The van der Waals surface area contributed by atoms with Crippen LogP contribution >= 0.6 is 0 Å². The summed E-state index contributed by atoms with van der Waals surface area (Å²) in [5, 5.41) is 0. The topological polar surface area (TPSA) is 79.9 Å². The lowest BCUT2D eigenvalue weighted by Gasteiger charge is -2.14. The number of ketones is 1. The van der Waals surface area contributed by atoms with E-state index in [1.165, 1.54) is 6.26 Å². The highest BCUT2D eigenvalue weighted by molar-refractivity contribution is 6.00. The monoisotopic (exact) mass is 345 g/mol. The first-order chi connectivity index (χ1) is 12.1. The maximum absolute atomic E-state index is 12.4. The van der Waals surface area contributed by atoms with Crippen molar-refractivity contribution in [3.8, 4) is 0 Å². The third-order valence-corrected chi connectivity index (χ3v) is 3.95. The Morgan fingerprint density at radius 2 is 2.12 bits per heavy atom. The molecule has 0 amide bonds. The molecule has 1 aliphatic heterocycles. The van der Waals surface area contributed by atoms with E-state index in [9.17, 15) is 9.59 Å². The number of carbonyl (C=O) groups is 2. The van der Waals surface area contributed by atoms with Crippen LogP contribution < -0.4 is 0 Å². The number of rotatable bonds is 6. The summed E-state index contributed by atoms with van der Waals surface area (Å²) >= 11 is 0. The van der Waals surface area contributed by atoms with Crippen molar-refractivity contribution in [2.75, 3.05) is 19.8 Å². The van der Waals surface area contributed by atoms with Crippen LogP contribution in [0.15, 0.2) is 40.9 Å². The first-order valence-electron chi connectivity index (χ1n) is 7.90. The van der Waals surface area contributed by atoms with Gasteiger partial charge < -0.3 is 23.2 Å². The molecule has 7 heteroatoms. The van der Waals surface area contributed by atoms with Crippen LogP contribution in [0.3, 0.4) is 0 Å². The first kappa shape index (κ1) is 16.9. The van der Waals surface area contributed by atoms with Crippen LogP contribution in [-0.4, -0.2) is 36.1 Å². The van der Waals surface area contributed by atoms with Crippen LogP contribution in [0.2, 0.25) is 0 Å². The van der Waals surface area contributed by atoms with Crippen LogP contribution in [0.5, 0.6) is 0 Å². The second kappa shape index (κ2) is 7.29. The Morgan fingerprint density at radius 3 is 2.80 bits per heavy atom. The van der Waals surface area contributed by atoms with E-state index in [1.807, 2.05) is 30.5 Å². The van der Waals surface area contributed by atoms with Gasteiger partial charge in [0.1, 0.15) is 25.2 Å². The van der Waals surface area contributed by atoms with Gasteiger partial charge in [-0.3, -0.25) is 4.79 Å². The molecule has 0 fully saturated rings. The molecule has 0 bridgehead atoms. The van der Waals surface area contributed by atoms with Gasteiger partial charge in [0.25, 0.3) is 0 Å². The quantitative estimate of drug-likeness (QED) is 0.591. The molecule has 0 atom stereocenters. The standard InChI is InChI=1S/C18H19NO6/c1-12-8-15(13(2)19(12)9-14-4-3-5-23-14)16(20)10-25-18(21)17-11-22-6-7-24-17/h3-5,8,11H,6-7,9-10H2,1-2H3. The predicted octanol–water partition coefficient (Wildman–Crippen LogP) is 2.36. The van der Waals surface area contributed by atoms with E-state index < -0.39 is 5.97 Å². The largest absolute Gasteiger partial charge is 0.493 e. The Labute approximate surface area is 144 Å². The fraction of sp³-hybridized carbons (Fsp3) is 0.333. The number of nitrogens with zero attached hydrogens (tertiary/aromatic N) is 1. The average molecular weight is 345 g/mol. The van der Waals surface area contributed by atoms with Crippen LogP contribution in [0.25, 0.3) is 0 Å². The van der Waals surface area contributed by atoms with Gasteiger partial charge in [0, 0.05) is 17.0 Å². The molecular formula is C18H19NO6. The lowest BCUT2D eigenvalue weighted by Crippen LogP contribution is -2.20. The number of aryl methyl sites for hydroxylation is 1. The second-order valence-corrected chi connectivity index (χ2v) is 5.65. The molecule has 2 aromatic heterocycles. The predicted molar refractivity (Wildman–Crippen MR) is 87.0 cm³/mol. The molecule has 3 heterocycles. The number of hydrogen-bond donors (Lipinski definition) is 0. The van der Waals surface area contributed by atoms with Gasteiger partial charge in [-0.25, -0.2) is 4.79 Å². The summed E-state index contributed by atoms with van der Waals surface area (Å²) in [5.41, 5.74) is 2.24. The number of Topliss-reactive ketones (excluding diaryl/α,β-unsaturated/α-hetero) is 1. The van der Waals surface area contributed by atoms with Crippen LogP contribution in [-0.2, 0) is 25.5 Å². The minimum absolute atomic E-state index is 0.0256. The molecule has 0 radical (unpaired) electrons. The van der Waals surface area contributed by atoms with Crippen molar-refractivity contribution < 1.29 is 28.2 Å². The third-order valence-electron chi connectivity index (χ3n) is 3.95. The Balaban J connectivity index is 1.66. The number of esters is 1. The van der Waals surface area contributed by atoms with Crippen LogP contribution in [0, 0.1) is 13.8 Å². The lowest BCUT2D eigenvalue weighted by atomic mass is 10.1. The number of furan rings is 1. The number of aromatic nitrogens is 1. The van der Waals surface area contributed by atoms with Crippen molar-refractivity contribution in [2.24, 2.45) is 0 Å². The molecule has 2 aromatic rings. The highest BCUT2D eigenvalue weighted by Gasteiger charge is 2.21. The number of hydrogen-bond acceptors (Lipinski definition) is 6. The first-order valence-corrected chi connectivity index (χ1v) is 7.90. The molecule has 132 valence electrons. The van der Waals surface area contributed by atoms with E-state index in [2.05, 4.69) is 0 Å². The van der Waals surface area contributed by atoms with E-state index in [4.69, 9.17) is 18.6 Å². The van der Waals surface area contributed by atoms with Gasteiger partial charge in [0.2, 0.25) is 11.5 Å². The van der Waals surface area contributed by atoms with Crippen molar-refractivity contribution in [3.05, 3.63) is 59.2 Å². The van der Waals surface area contributed by atoms with Crippen LogP contribution in [0.1, 0.15) is 27.5 Å². The van der Waals surface area contributed by atoms with E-state index in [1.54, 1.807) is 12.3 Å². The Morgan fingerprint density at radius 1 is 1.28 bits per heavy atom. The van der Waals surface area contributed by atoms with E-state index in [0.29, 0.717) is 18.7 Å². The molecule has 0 N–H and O–H groups in total. The van der Waals surface area contributed by atoms with E-state index >= 15 is 0 Å². The van der Waals surface area contributed by atoms with Gasteiger partial charge in [-0.05, 0) is 32.0 Å². The zero-order valence-electron chi connectivity index (χ0n) is 14.1. The SMILES string of the molecule is Cc1cc(C(=O)COC(=O)C2=COCCO2)c(C)n1Cc1ccco1. The lowest BCUT2D eigenvalue weighted by molar-refractivity contribution is -0.143. The van der Waals surface area contributed by atoms with Gasteiger partial charge in [-0.2, -0.15) is 0 Å². The molecular weight excluding hydrogens is 326 g/mol. The Kier molecular flexibility index (Phi) is 4.92. The average Bonchev–Trinajstić information content (AvgIpc) is 3.24. The molecule has 3 rings (SSSR count). The van der Waals surface area contributed by atoms with Crippen LogP contribution in [0.4, 0.5) is 0 Å². The molecule has 1 aliphatic rings. The normalized spacial score (nSPS) is 13.6. The molecule has 7 nitrogen and oxygen atoms in total. The van der Waals surface area contributed by atoms with Crippen molar-refractivity contribution in [3.63, 3.8) is 0 Å². The molecule has 0 aliphatic carbocycles. The zero-order valence-corrected chi connectivity index (χ0v) is 14.1. The van der Waals surface area contributed by atoms with Gasteiger partial charge in [0.15, 0.2) is 6.61 Å². The molecule has 0 saturated carbocycles. The maximum atomic E-state index is 12.4. The Bertz CT molecular complexity index is 800. The smallest absolute Gasteiger partial charge is 0.377 e. The van der Waals surface area contributed by atoms with E-state index in [0.717, 1.165) is 17.1 Å². The fourth-order valence-corrected chi connectivity index (χ4v) is 2.64.